The Kier molecular flexibility index (Phi) is 8.21. The van der Waals surface area contributed by atoms with Crippen LogP contribution in [0.5, 0.6) is 5.75 Å². The largest absolute Gasteiger partial charge is 0.507 e. The summed E-state index contributed by atoms with van der Waals surface area (Å²) in [7, 11) is 0. The summed E-state index contributed by atoms with van der Waals surface area (Å²) in [6.07, 6.45) is 1.97. The number of aliphatic hydroxyl groups excluding tert-OH is 1. The Bertz CT molecular complexity index is 1070. The number of ether oxygens (including phenoxy) is 2. The Labute approximate surface area is 206 Å². The van der Waals surface area contributed by atoms with Gasteiger partial charge < -0.3 is 19.5 Å². The summed E-state index contributed by atoms with van der Waals surface area (Å²) < 4.78 is 11.3. The maximum Gasteiger partial charge on any atom is 0.295 e. The number of carbonyl (C=O) groups is 2. The second-order valence-electron chi connectivity index (χ2n) is 9.09. The Balaban J connectivity index is 1.71. The van der Waals surface area contributed by atoms with E-state index in [1.807, 2.05) is 43.3 Å². The minimum absolute atomic E-state index is 0.117. The first-order valence-corrected chi connectivity index (χ1v) is 12.4. The molecule has 0 aromatic heterocycles. The second kappa shape index (κ2) is 11.5. The van der Waals surface area contributed by atoms with Crippen molar-refractivity contribution in [1.82, 2.24) is 9.80 Å². The molecule has 2 aromatic carbocycles. The van der Waals surface area contributed by atoms with E-state index in [1.165, 1.54) is 0 Å². The van der Waals surface area contributed by atoms with Crippen LogP contribution in [0.15, 0.2) is 54.1 Å². The minimum atomic E-state index is -0.688. The standard InChI is InChI=1S/C28H34N2O5/c1-3-4-16-35-23-7-5-6-22(19-23)25-24(26(31)21-10-8-20(2)9-11-21)27(32)28(33)30(25)13-12-29-14-17-34-18-15-29/h5-11,19,25,31H,3-4,12-18H2,1-2H3/b26-24+. The van der Waals surface area contributed by atoms with Gasteiger partial charge in [0.15, 0.2) is 0 Å². The number of ketones is 1. The molecule has 0 aliphatic carbocycles. The molecule has 1 unspecified atom stereocenters. The van der Waals surface area contributed by atoms with Crippen LogP contribution in [-0.2, 0) is 14.3 Å². The first kappa shape index (κ1) is 24.9. The summed E-state index contributed by atoms with van der Waals surface area (Å²) in [5.41, 5.74) is 2.42. The van der Waals surface area contributed by atoms with E-state index in [0.29, 0.717) is 44.2 Å². The molecule has 35 heavy (non-hydrogen) atoms. The van der Waals surface area contributed by atoms with E-state index in [1.54, 1.807) is 17.0 Å². The first-order valence-electron chi connectivity index (χ1n) is 12.4. The molecule has 1 atom stereocenters. The van der Waals surface area contributed by atoms with Crippen molar-refractivity contribution in [2.75, 3.05) is 46.0 Å². The van der Waals surface area contributed by atoms with Crippen LogP contribution in [0.1, 0.15) is 42.5 Å². The van der Waals surface area contributed by atoms with Crippen molar-refractivity contribution < 1.29 is 24.2 Å². The fraction of sp³-hybridized carbons (Fsp3) is 0.429. The van der Waals surface area contributed by atoms with Crippen molar-refractivity contribution in [2.24, 2.45) is 0 Å². The van der Waals surface area contributed by atoms with Gasteiger partial charge in [-0.05, 0) is 31.0 Å². The summed E-state index contributed by atoms with van der Waals surface area (Å²) in [6.45, 7) is 8.56. The molecule has 0 radical (unpaired) electrons. The maximum atomic E-state index is 13.3. The van der Waals surface area contributed by atoms with Crippen LogP contribution in [0, 0.1) is 6.92 Å². The van der Waals surface area contributed by atoms with Crippen LogP contribution in [0.4, 0.5) is 0 Å². The molecule has 0 spiro atoms. The molecule has 186 valence electrons. The van der Waals surface area contributed by atoms with E-state index in [0.717, 1.165) is 37.1 Å². The van der Waals surface area contributed by atoms with Crippen LogP contribution < -0.4 is 4.74 Å². The smallest absolute Gasteiger partial charge is 0.295 e. The highest BCUT2D eigenvalue weighted by Crippen LogP contribution is 2.40. The van der Waals surface area contributed by atoms with Gasteiger partial charge in [0.1, 0.15) is 11.5 Å². The molecule has 2 aliphatic heterocycles. The fourth-order valence-electron chi connectivity index (χ4n) is 4.51. The molecular formula is C28H34N2O5. The Morgan fingerprint density at radius 1 is 1.09 bits per heavy atom. The zero-order chi connectivity index (χ0) is 24.8. The molecule has 0 saturated carbocycles. The SMILES string of the molecule is CCCCOc1cccc(C2/C(=C(\O)c3ccc(C)cc3)C(=O)C(=O)N2CCN2CCOCC2)c1. The monoisotopic (exact) mass is 478 g/mol. The van der Waals surface area contributed by atoms with Crippen molar-refractivity contribution in [1.29, 1.82) is 0 Å². The molecule has 7 heteroatoms. The van der Waals surface area contributed by atoms with Gasteiger partial charge in [-0.1, -0.05) is 55.3 Å². The third-order valence-corrected chi connectivity index (χ3v) is 6.57. The quantitative estimate of drug-likeness (QED) is 0.255. The highest BCUT2D eigenvalue weighted by atomic mass is 16.5. The predicted molar refractivity (Wildman–Crippen MR) is 134 cm³/mol. The van der Waals surface area contributed by atoms with E-state index < -0.39 is 17.7 Å². The lowest BCUT2D eigenvalue weighted by molar-refractivity contribution is -0.140. The van der Waals surface area contributed by atoms with Crippen molar-refractivity contribution in [3.05, 3.63) is 70.8 Å². The summed E-state index contributed by atoms with van der Waals surface area (Å²) in [4.78, 5) is 30.3. The average Bonchev–Trinajstić information content (AvgIpc) is 3.13. The Hall–Kier alpha value is -3.16. The van der Waals surface area contributed by atoms with Crippen LogP contribution in [0.25, 0.3) is 5.76 Å². The number of nitrogens with zero attached hydrogens (tertiary/aromatic N) is 2. The van der Waals surface area contributed by atoms with Crippen molar-refractivity contribution in [3.63, 3.8) is 0 Å². The molecule has 2 aromatic rings. The van der Waals surface area contributed by atoms with Crippen molar-refractivity contribution in [2.45, 2.75) is 32.7 Å². The van der Waals surface area contributed by atoms with Crippen LogP contribution >= 0.6 is 0 Å². The highest BCUT2D eigenvalue weighted by molar-refractivity contribution is 6.46. The number of amides is 1. The summed E-state index contributed by atoms with van der Waals surface area (Å²) >= 11 is 0. The van der Waals surface area contributed by atoms with Crippen molar-refractivity contribution in [3.8, 4) is 5.75 Å². The number of benzene rings is 2. The molecule has 2 fully saturated rings. The molecule has 2 saturated heterocycles. The third-order valence-electron chi connectivity index (χ3n) is 6.57. The van der Waals surface area contributed by atoms with Gasteiger partial charge in [-0.25, -0.2) is 0 Å². The fourth-order valence-corrected chi connectivity index (χ4v) is 4.51. The molecule has 0 bridgehead atoms. The number of aryl methyl sites for hydroxylation is 1. The van der Waals surface area contributed by atoms with Gasteiger partial charge in [0, 0.05) is 31.7 Å². The third kappa shape index (κ3) is 5.74. The van der Waals surface area contributed by atoms with E-state index in [9.17, 15) is 14.7 Å². The lowest BCUT2D eigenvalue weighted by Crippen LogP contribution is -2.42. The van der Waals surface area contributed by atoms with E-state index in [4.69, 9.17) is 9.47 Å². The second-order valence-corrected chi connectivity index (χ2v) is 9.09. The zero-order valence-corrected chi connectivity index (χ0v) is 20.5. The topological polar surface area (TPSA) is 79.3 Å². The van der Waals surface area contributed by atoms with Crippen molar-refractivity contribution >= 4 is 17.4 Å². The van der Waals surface area contributed by atoms with Crippen LogP contribution in [0.2, 0.25) is 0 Å². The highest BCUT2D eigenvalue weighted by Gasteiger charge is 2.46. The summed E-state index contributed by atoms with van der Waals surface area (Å²) in [6, 6.07) is 14.1. The summed E-state index contributed by atoms with van der Waals surface area (Å²) in [5, 5.41) is 11.2. The van der Waals surface area contributed by atoms with Crippen LogP contribution in [0.3, 0.4) is 0 Å². The van der Waals surface area contributed by atoms with E-state index >= 15 is 0 Å². The zero-order valence-electron chi connectivity index (χ0n) is 20.5. The van der Waals surface area contributed by atoms with Gasteiger partial charge >= 0.3 is 0 Å². The van der Waals surface area contributed by atoms with Gasteiger partial charge in [-0.2, -0.15) is 0 Å². The first-order chi connectivity index (χ1) is 17.0. The summed E-state index contributed by atoms with van der Waals surface area (Å²) in [5.74, 6) is -0.717. The lowest BCUT2D eigenvalue weighted by Gasteiger charge is -2.31. The van der Waals surface area contributed by atoms with Gasteiger partial charge in [-0.3, -0.25) is 14.5 Å². The molecule has 2 heterocycles. The lowest BCUT2D eigenvalue weighted by atomic mass is 9.95. The number of rotatable bonds is 9. The minimum Gasteiger partial charge on any atom is -0.507 e. The number of morpholine rings is 1. The van der Waals surface area contributed by atoms with E-state index in [-0.39, 0.29) is 11.3 Å². The van der Waals surface area contributed by atoms with Crippen LogP contribution in [-0.4, -0.2) is 72.6 Å². The van der Waals surface area contributed by atoms with Gasteiger partial charge in [0.05, 0.1) is 31.4 Å². The molecule has 7 nitrogen and oxygen atoms in total. The number of Topliss-reactive ketones (excluding diaryl/α,β-unsaturated/α-hetero) is 1. The molecule has 2 aliphatic rings. The molecule has 4 rings (SSSR count). The Morgan fingerprint density at radius 2 is 1.83 bits per heavy atom. The molecule has 1 N–H and O–H groups in total. The number of carbonyl (C=O) groups excluding carboxylic acids is 2. The molecular weight excluding hydrogens is 444 g/mol. The molecule has 1 amide bonds. The predicted octanol–water partition coefficient (Wildman–Crippen LogP) is 3.93. The van der Waals surface area contributed by atoms with Gasteiger partial charge in [0.25, 0.3) is 11.7 Å². The van der Waals surface area contributed by atoms with Gasteiger partial charge in [0.2, 0.25) is 0 Å². The average molecular weight is 479 g/mol. The number of hydrogen-bond acceptors (Lipinski definition) is 6. The van der Waals surface area contributed by atoms with Gasteiger partial charge in [-0.15, -0.1) is 0 Å². The normalized spacial score (nSPS) is 20.4. The maximum absolute atomic E-state index is 13.3. The van der Waals surface area contributed by atoms with E-state index in [2.05, 4.69) is 11.8 Å². The Morgan fingerprint density at radius 3 is 2.54 bits per heavy atom. The number of unbranched alkanes of at least 4 members (excludes halogenated alkanes) is 1. The number of hydrogen-bond donors (Lipinski definition) is 1. The number of likely N-dealkylation sites (tertiary alicyclic amines) is 1. The number of aliphatic hydroxyl groups is 1.